The first kappa shape index (κ1) is 19.6. The summed E-state index contributed by atoms with van der Waals surface area (Å²) in [6.07, 6.45) is 3.05. The first-order chi connectivity index (χ1) is 14.6. The molecule has 7 nitrogen and oxygen atoms in total. The lowest BCUT2D eigenvalue weighted by molar-refractivity contribution is 0.0526. The van der Waals surface area contributed by atoms with Crippen molar-refractivity contribution in [1.82, 2.24) is 9.97 Å². The van der Waals surface area contributed by atoms with E-state index in [-0.39, 0.29) is 12.1 Å². The van der Waals surface area contributed by atoms with Gasteiger partial charge in [0, 0.05) is 44.0 Å². The number of anilines is 2. The Hall–Kier alpha value is -3.73. The standard InChI is InChI=1S/C22H20FN5O2/c1-2-30-22(29)17-14-26-19-16(6-3-7-18(19)23)20(17)27-9-11-28(12-10-27)21-15(13-24)5-4-8-25-21/h3-8,14H,2,9-12H2,1H3. The van der Waals surface area contributed by atoms with Crippen LogP contribution in [0.15, 0.2) is 42.7 Å². The maximum absolute atomic E-state index is 14.3. The van der Waals surface area contributed by atoms with Crippen LogP contribution in [0.2, 0.25) is 0 Å². The highest BCUT2D eigenvalue weighted by Gasteiger charge is 2.26. The summed E-state index contributed by atoms with van der Waals surface area (Å²) in [5.41, 5.74) is 1.69. The highest BCUT2D eigenvalue weighted by molar-refractivity contribution is 6.05. The van der Waals surface area contributed by atoms with E-state index in [1.807, 2.05) is 9.80 Å². The van der Waals surface area contributed by atoms with Gasteiger partial charge >= 0.3 is 5.97 Å². The molecule has 1 saturated heterocycles. The van der Waals surface area contributed by atoms with Crippen molar-refractivity contribution in [3.63, 3.8) is 0 Å². The quantitative estimate of drug-likeness (QED) is 0.617. The minimum atomic E-state index is -0.481. The summed E-state index contributed by atoms with van der Waals surface area (Å²) in [5.74, 6) is -0.268. The number of esters is 1. The highest BCUT2D eigenvalue weighted by atomic mass is 19.1. The van der Waals surface area contributed by atoms with Crippen LogP contribution < -0.4 is 9.80 Å². The lowest BCUT2D eigenvalue weighted by Gasteiger charge is -2.38. The number of pyridine rings is 2. The molecule has 0 N–H and O–H groups in total. The Morgan fingerprint density at radius 1 is 1.17 bits per heavy atom. The molecule has 1 aliphatic rings. The molecular formula is C22H20FN5O2. The van der Waals surface area contributed by atoms with Crippen LogP contribution in [-0.4, -0.2) is 48.7 Å². The van der Waals surface area contributed by atoms with E-state index in [1.54, 1.807) is 37.4 Å². The minimum absolute atomic E-state index is 0.222. The minimum Gasteiger partial charge on any atom is -0.462 e. The molecule has 1 aromatic carbocycles. The fourth-order valence-electron chi connectivity index (χ4n) is 3.75. The number of carbonyl (C=O) groups is 1. The second kappa shape index (κ2) is 8.33. The van der Waals surface area contributed by atoms with Crippen LogP contribution in [-0.2, 0) is 4.74 Å². The largest absolute Gasteiger partial charge is 0.462 e. The Morgan fingerprint density at radius 2 is 1.93 bits per heavy atom. The average Bonchev–Trinajstić information content (AvgIpc) is 2.79. The fraction of sp³-hybridized carbons (Fsp3) is 0.273. The monoisotopic (exact) mass is 405 g/mol. The van der Waals surface area contributed by atoms with Crippen molar-refractivity contribution in [3.8, 4) is 6.07 Å². The molecule has 3 aromatic rings. The third kappa shape index (κ3) is 3.50. The van der Waals surface area contributed by atoms with Crippen LogP contribution in [0.5, 0.6) is 0 Å². The number of rotatable bonds is 4. The molecule has 0 bridgehead atoms. The fourth-order valence-corrected chi connectivity index (χ4v) is 3.75. The van der Waals surface area contributed by atoms with E-state index in [2.05, 4.69) is 16.0 Å². The number of hydrogen-bond donors (Lipinski definition) is 0. The van der Waals surface area contributed by atoms with Gasteiger partial charge in [0.05, 0.1) is 17.9 Å². The maximum Gasteiger partial charge on any atom is 0.341 e. The maximum atomic E-state index is 14.3. The van der Waals surface area contributed by atoms with Crippen molar-refractivity contribution in [1.29, 1.82) is 5.26 Å². The summed E-state index contributed by atoms with van der Waals surface area (Å²) in [6.45, 7) is 4.33. The van der Waals surface area contributed by atoms with Crippen LogP contribution in [0.25, 0.3) is 10.9 Å². The molecular weight excluding hydrogens is 385 g/mol. The molecule has 2 aromatic heterocycles. The van der Waals surface area contributed by atoms with Crippen LogP contribution >= 0.6 is 0 Å². The van der Waals surface area contributed by atoms with Crippen molar-refractivity contribution in [2.24, 2.45) is 0 Å². The molecule has 0 unspecified atom stereocenters. The van der Waals surface area contributed by atoms with Crippen LogP contribution in [0.3, 0.4) is 0 Å². The van der Waals surface area contributed by atoms with Gasteiger partial charge in [-0.1, -0.05) is 12.1 Å². The lowest BCUT2D eigenvalue weighted by Crippen LogP contribution is -2.47. The summed E-state index contributed by atoms with van der Waals surface area (Å²) in [7, 11) is 0. The van der Waals surface area contributed by atoms with Gasteiger partial charge in [0.1, 0.15) is 28.8 Å². The van der Waals surface area contributed by atoms with Gasteiger partial charge in [-0.25, -0.2) is 14.2 Å². The molecule has 1 aliphatic heterocycles. The molecule has 0 saturated carbocycles. The second-order valence-electron chi connectivity index (χ2n) is 6.84. The average molecular weight is 405 g/mol. The zero-order valence-electron chi connectivity index (χ0n) is 16.5. The van der Waals surface area contributed by atoms with E-state index in [1.165, 1.54) is 12.3 Å². The Labute approximate surface area is 173 Å². The molecule has 8 heteroatoms. The number of nitriles is 1. The SMILES string of the molecule is CCOC(=O)c1cnc2c(F)cccc2c1N1CCN(c2ncccc2C#N)CC1. The molecule has 30 heavy (non-hydrogen) atoms. The van der Waals surface area contributed by atoms with Crippen LogP contribution in [0.1, 0.15) is 22.8 Å². The number of carbonyl (C=O) groups excluding carboxylic acids is 1. The van der Waals surface area contributed by atoms with Gasteiger partial charge in [-0.2, -0.15) is 5.26 Å². The third-order valence-electron chi connectivity index (χ3n) is 5.12. The number of benzene rings is 1. The number of ether oxygens (including phenoxy) is 1. The number of para-hydroxylation sites is 1. The summed E-state index contributed by atoms with van der Waals surface area (Å²) >= 11 is 0. The number of hydrogen-bond acceptors (Lipinski definition) is 7. The Morgan fingerprint density at radius 3 is 2.67 bits per heavy atom. The zero-order valence-corrected chi connectivity index (χ0v) is 16.5. The molecule has 0 aliphatic carbocycles. The van der Waals surface area contributed by atoms with Gasteiger partial charge < -0.3 is 14.5 Å². The number of halogens is 1. The molecule has 0 spiro atoms. The molecule has 0 radical (unpaired) electrons. The van der Waals surface area contributed by atoms with Gasteiger partial charge in [-0.3, -0.25) is 4.98 Å². The molecule has 1 fully saturated rings. The van der Waals surface area contributed by atoms with Crippen LogP contribution in [0.4, 0.5) is 15.9 Å². The molecule has 0 atom stereocenters. The van der Waals surface area contributed by atoms with Gasteiger partial charge in [-0.05, 0) is 25.1 Å². The normalized spacial score (nSPS) is 13.9. The van der Waals surface area contributed by atoms with Crippen LogP contribution in [0, 0.1) is 17.1 Å². The third-order valence-corrected chi connectivity index (χ3v) is 5.12. The van der Waals surface area contributed by atoms with Crippen molar-refractivity contribution < 1.29 is 13.9 Å². The number of nitrogens with zero attached hydrogens (tertiary/aromatic N) is 5. The summed E-state index contributed by atoms with van der Waals surface area (Å²) in [4.78, 5) is 25.2. The topological polar surface area (TPSA) is 82.3 Å². The zero-order chi connectivity index (χ0) is 21.1. The second-order valence-corrected chi connectivity index (χ2v) is 6.84. The summed E-state index contributed by atoms with van der Waals surface area (Å²) < 4.78 is 19.5. The first-order valence-electron chi connectivity index (χ1n) is 9.73. The highest BCUT2D eigenvalue weighted by Crippen LogP contribution is 2.32. The van der Waals surface area contributed by atoms with Crippen molar-refractivity contribution in [2.75, 3.05) is 42.6 Å². The molecule has 4 rings (SSSR count). The molecule has 152 valence electrons. The summed E-state index contributed by atoms with van der Waals surface area (Å²) in [5, 5.41) is 9.92. The van der Waals surface area contributed by atoms with E-state index in [4.69, 9.17) is 4.74 Å². The van der Waals surface area contributed by atoms with Crippen molar-refractivity contribution in [3.05, 3.63) is 59.7 Å². The predicted molar refractivity (Wildman–Crippen MR) is 111 cm³/mol. The van der Waals surface area contributed by atoms with E-state index < -0.39 is 11.8 Å². The van der Waals surface area contributed by atoms with Gasteiger partial charge in [0.25, 0.3) is 0 Å². The van der Waals surface area contributed by atoms with Gasteiger partial charge in [0.15, 0.2) is 0 Å². The van der Waals surface area contributed by atoms with E-state index in [0.29, 0.717) is 54.2 Å². The smallest absolute Gasteiger partial charge is 0.341 e. The van der Waals surface area contributed by atoms with E-state index >= 15 is 0 Å². The Kier molecular flexibility index (Phi) is 5.44. The van der Waals surface area contributed by atoms with Crippen molar-refractivity contribution >= 4 is 28.4 Å². The lowest BCUT2D eigenvalue weighted by atomic mass is 10.1. The molecule has 3 heterocycles. The number of fused-ring (bicyclic) bond motifs is 1. The predicted octanol–water partition coefficient (Wildman–Crippen LogP) is 3.14. The Bertz CT molecular complexity index is 1140. The van der Waals surface area contributed by atoms with Crippen molar-refractivity contribution in [2.45, 2.75) is 6.92 Å². The number of piperazine rings is 1. The van der Waals surface area contributed by atoms with Gasteiger partial charge in [0.2, 0.25) is 0 Å². The summed E-state index contributed by atoms with van der Waals surface area (Å²) in [6, 6.07) is 10.4. The van der Waals surface area contributed by atoms with E-state index in [0.717, 1.165) is 0 Å². The first-order valence-corrected chi connectivity index (χ1v) is 9.73. The van der Waals surface area contributed by atoms with Gasteiger partial charge in [-0.15, -0.1) is 0 Å². The molecule has 0 amide bonds. The Balaban J connectivity index is 1.69. The number of aromatic nitrogens is 2. The van der Waals surface area contributed by atoms with E-state index in [9.17, 15) is 14.4 Å².